The quantitative estimate of drug-likeness (QED) is 0.591. The molecular weight excluding hydrogens is 350 g/mol. The first kappa shape index (κ1) is 18.6. The normalized spacial score (nSPS) is 13.7. The standard InChI is InChI=1S/C20H24ClN3O2/c1-5-16-15-10-11-24(18(15)23-19(21)22-16)14-8-6-13(7-9-14)12-17(25)26-20(2,3)4/h6-9H,5,10-12H2,1-4H3. The molecule has 3 rings (SSSR count). The number of hydrogen-bond donors (Lipinski definition) is 0. The summed E-state index contributed by atoms with van der Waals surface area (Å²) in [5, 5.41) is 0.286. The molecule has 2 aromatic rings. The predicted octanol–water partition coefficient (Wildman–Crippen LogP) is 4.27. The van der Waals surface area contributed by atoms with Crippen molar-refractivity contribution in [2.75, 3.05) is 11.4 Å². The van der Waals surface area contributed by atoms with Gasteiger partial charge in [-0.15, -0.1) is 0 Å². The molecule has 2 heterocycles. The van der Waals surface area contributed by atoms with Gasteiger partial charge in [-0.25, -0.2) is 4.98 Å². The zero-order valence-corrected chi connectivity index (χ0v) is 16.4. The van der Waals surface area contributed by atoms with Crippen molar-refractivity contribution in [2.45, 2.75) is 52.6 Å². The zero-order chi connectivity index (χ0) is 18.9. The number of hydrogen-bond acceptors (Lipinski definition) is 5. The topological polar surface area (TPSA) is 55.3 Å². The van der Waals surface area contributed by atoms with Gasteiger partial charge >= 0.3 is 5.97 Å². The molecule has 1 aliphatic heterocycles. The van der Waals surface area contributed by atoms with Gasteiger partial charge in [-0.3, -0.25) is 4.79 Å². The Labute approximate surface area is 159 Å². The van der Waals surface area contributed by atoms with Crippen LogP contribution in [-0.4, -0.2) is 28.1 Å². The van der Waals surface area contributed by atoms with Crippen LogP contribution in [0.2, 0.25) is 5.28 Å². The fourth-order valence-electron chi connectivity index (χ4n) is 3.18. The molecule has 0 atom stereocenters. The largest absolute Gasteiger partial charge is 0.460 e. The summed E-state index contributed by atoms with van der Waals surface area (Å²) in [5.41, 5.74) is 3.69. The second-order valence-electron chi connectivity index (χ2n) is 7.43. The third kappa shape index (κ3) is 4.15. The van der Waals surface area contributed by atoms with E-state index in [4.69, 9.17) is 16.3 Å². The second kappa shape index (κ2) is 7.23. The minimum absolute atomic E-state index is 0.219. The van der Waals surface area contributed by atoms with Crippen LogP contribution in [0.1, 0.15) is 44.5 Å². The maximum Gasteiger partial charge on any atom is 0.310 e. The molecule has 0 aliphatic carbocycles. The number of anilines is 2. The number of rotatable bonds is 4. The lowest BCUT2D eigenvalue weighted by molar-refractivity contribution is -0.153. The third-order valence-corrected chi connectivity index (χ3v) is 4.41. The van der Waals surface area contributed by atoms with Crippen LogP contribution >= 0.6 is 11.6 Å². The molecule has 1 aliphatic rings. The van der Waals surface area contributed by atoms with Crippen LogP contribution in [0.3, 0.4) is 0 Å². The number of benzene rings is 1. The number of ether oxygens (including phenoxy) is 1. The lowest BCUT2D eigenvalue weighted by atomic mass is 10.1. The van der Waals surface area contributed by atoms with Crippen molar-refractivity contribution in [1.29, 1.82) is 0 Å². The highest BCUT2D eigenvalue weighted by atomic mass is 35.5. The number of aryl methyl sites for hydroxylation is 1. The van der Waals surface area contributed by atoms with Gasteiger partial charge < -0.3 is 9.64 Å². The Morgan fingerprint density at radius 1 is 1.23 bits per heavy atom. The van der Waals surface area contributed by atoms with Crippen LogP contribution in [0.5, 0.6) is 0 Å². The first-order chi connectivity index (χ1) is 12.3. The minimum atomic E-state index is -0.466. The molecule has 138 valence electrons. The Morgan fingerprint density at radius 3 is 2.54 bits per heavy atom. The summed E-state index contributed by atoms with van der Waals surface area (Å²) in [7, 11) is 0. The summed E-state index contributed by atoms with van der Waals surface area (Å²) in [5.74, 6) is 0.672. The van der Waals surface area contributed by atoms with Crippen LogP contribution < -0.4 is 4.90 Å². The third-order valence-electron chi connectivity index (χ3n) is 4.24. The van der Waals surface area contributed by atoms with Gasteiger partial charge in [-0.2, -0.15) is 4.98 Å². The maximum absolute atomic E-state index is 12.0. The van der Waals surface area contributed by atoms with Gasteiger partial charge in [-0.05, 0) is 62.9 Å². The summed E-state index contributed by atoms with van der Waals surface area (Å²) in [4.78, 5) is 22.9. The summed E-state index contributed by atoms with van der Waals surface area (Å²) >= 11 is 6.10. The van der Waals surface area contributed by atoms with Gasteiger partial charge in [0.05, 0.1) is 12.1 Å². The number of fused-ring (bicyclic) bond motifs is 1. The number of nitrogens with zero attached hydrogens (tertiary/aromatic N) is 3. The van der Waals surface area contributed by atoms with Gasteiger partial charge in [0.2, 0.25) is 5.28 Å². The van der Waals surface area contributed by atoms with E-state index >= 15 is 0 Å². The average Bonchev–Trinajstić information content (AvgIpc) is 2.96. The SMILES string of the molecule is CCc1nc(Cl)nc2c1CCN2c1ccc(CC(=O)OC(C)(C)C)cc1. The average molecular weight is 374 g/mol. The van der Waals surface area contributed by atoms with E-state index in [2.05, 4.69) is 21.8 Å². The van der Waals surface area contributed by atoms with Gasteiger partial charge in [0.15, 0.2) is 0 Å². The van der Waals surface area contributed by atoms with Crippen molar-refractivity contribution in [2.24, 2.45) is 0 Å². The van der Waals surface area contributed by atoms with Crippen molar-refractivity contribution in [3.63, 3.8) is 0 Å². The monoisotopic (exact) mass is 373 g/mol. The molecule has 1 aromatic carbocycles. The lowest BCUT2D eigenvalue weighted by Crippen LogP contribution is -2.24. The molecule has 0 amide bonds. The maximum atomic E-state index is 12.0. The van der Waals surface area contributed by atoms with Crippen molar-refractivity contribution in [1.82, 2.24) is 9.97 Å². The van der Waals surface area contributed by atoms with Gasteiger partial charge in [0.25, 0.3) is 0 Å². The molecule has 5 nitrogen and oxygen atoms in total. The Kier molecular flexibility index (Phi) is 5.19. The van der Waals surface area contributed by atoms with Crippen molar-refractivity contribution in [3.05, 3.63) is 46.4 Å². The Hall–Kier alpha value is -2.14. The summed E-state index contributed by atoms with van der Waals surface area (Å²) in [6.07, 6.45) is 2.02. The van der Waals surface area contributed by atoms with E-state index in [0.717, 1.165) is 42.1 Å². The van der Waals surface area contributed by atoms with E-state index < -0.39 is 5.60 Å². The van der Waals surface area contributed by atoms with Crippen LogP contribution in [0.25, 0.3) is 0 Å². The Balaban J connectivity index is 1.77. The first-order valence-electron chi connectivity index (χ1n) is 8.90. The van der Waals surface area contributed by atoms with Crippen LogP contribution in [0.4, 0.5) is 11.5 Å². The van der Waals surface area contributed by atoms with Gasteiger partial charge in [-0.1, -0.05) is 19.1 Å². The lowest BCUT2D eigenvalue weighted by Gasteiger charge is -2.20. The summed E-state index contributed by atoms with van der Waals surface area (Å²) in [6, 6.07) is 7.94. The zero-order valence-electron chi connectivity index (χ0n) is 15.7. The molecule has 0 spiro atoms. The Morgan fingerprint density at radius 2 is 1.92 bits per heavy atom. The van der Waals surface area contributed by atoms with Crippen molar-refractivity contribution in [3.8, 4) is 0 Å². The fraction of sp³-hybridized carbons (Fsp3) is 0.450. The summed E-state index contributed by atoms with van der Waals surface area (Å²) < 4.78 is 5.38. The predicted molar refractivity (Wildman–Crippen MR) is 103 cm³/mol. The van der Waals surface area contributed by atoms with Crippen LogP contribution in [0.15, 0.2) is 24.3 Å². The number of carbonyl (C=O) groups is 1. The number of halogens is 1. The molecule has 0 saturated carbocycles. The summed E-state index contributed by atoms with van der Waals surface area (Å²) in [6.45, 7) is 8.54. The van der Waals surface area contributed by atoms with Crippen molar-refractivity contribution < 1.29 is 9.53 Å². The smallest absolute Gasteiger partial charge is 0.310 e. The van der Waals surface area contributed by atoms with E-state index in [1.807, 2.05) is 45.0 Å². The first-order valence-corrected chi connectivity index (χ1v) is 9.28. The van der Waals surface area contributed by atoms with Crippen molar-refractivity contribution >= 4 is 29.1 Å². The van der Waals surface area contributed by atoms with Gasteiger partial charge in [0.1, 0.15) is 11.4 Å². The molecule has 26 heavy (non-hydrogen) atoms. The molecule has 0 radical (unpaired) electrons. The molecule has 1 aromatic heterocycles. The molecule has 0 bridgehead atoms. The van der Waals surface area contributed by atoms with Gasteiger partial charge in [0, 0.05) is 17.8 Å². The highest BCUT2D eigenvalue weighted by molar-refractivity contribution is 6.28. The number of aromatic nitrogens is 2. The van der Waals surface area contributed by atoms with Crippen LogP contribution in [-0.2, 0) is 28.8 Å². The van der Waals surface area contributed by atoms with E-state index in [0.29, 0.717) is 0 Å². The number of carbonyl (C=O) groups excluding carboxylic acids is 1. The highest BCUT2D eigenvalue weighted by Gasteiger charge is 2.26. The minimum Gasteiger partial charge on any atom is -0.460 e. The molecular formula is C20H24ClN3O2. The highest BCUT2D eigenvalue weighted by Crippen LogP contribution is 2.35. The molecule has 0 N–H and O–H groups in total. The number of esters is 1. The van der Waals surface area contributed by atoms with E-state index in [-0.39, 0.29) is 17.7 Å². The second-order valence-corrected chi connectivity index (χ2v) is 7.76. The van der Waals surface area contributed by atoms with E-state index in [9.17, 15) is 4.79 Å². The van der Waals surface area contributed by atoms with E-state index in [1.54, 1.807) is 0 Å². The molecule has 0 saturated heterocycles. The molecule has 0 unspecified atom stereocenters. The van der Waals surface area contributed by atoms with Crippen LogP contribution in [0, 0.1) is 0 Å². The fourth-order valence-corrected chi connectivity index (χ4v) is 3.36. The Bertz CT molecular complexity index is 813. The van der Waals surface area contributed by atoms with E-state index in [1.165, 1.54) is 5.56 Å². The molecule has 6 heteroatoms. The molecule has 0 fully saturated rings.